The van der Waals surface area contributed by atoms with Gasteiger partial charge in [-0.2, -0.15) is 0 Å². The molecule has 0 spiro atoms. The summed E-state index contributed by atoms with van der Waals surface area (Å²) in [6.45, 7) is 4.51. The van der Waals surface area contributed by atoms with E-state index in [0.717, 1.165) is 61.2 Å². The minimum Gasteiger partial charge on any atom is -0.487 e. The molecule has 0 radical (unpaired) electrons. The first-order chi connectivity index (χ1) is 12.6. The molecule has 0 amide bonds. The second kappa shape index (κ2) is 8.50. The summed E-state index contributed by atoms with van der Waals surface area (Å²) in [7, 11) is 0. The van der Waals surface area contributed by atoms with Gasteiger partial charge in [-0.15, -0.1) is 0 Å². The van der Waals surface area contributed by atoms with Crippen molar-refractivity contribution in [2.24, 2.45) is 0 Å². The number of allylic oxidation sites excluding steroid dienone is 2. The second-order valence-electron chi connectivity index (χ2n) is 7.34. The maximum absolute atomic E-state index is 10.8. The highest BCUT2D eigenvalue weighted by Gasteiger charge is 2.22. The Balaban J connectivity index is 1.64. The van der Waals surface area contributed by atoms with Gasteiger partial charge in [0.05, 0.1) is 11.3 Å². The largest absolute Gasteiger partial charge is 0.487 e. The highest BCUT2D eigenvalue weighted by Crippen LogP contribution is 2.29. The van der Waals surface area contributed by atoms with Crippen molar-refractivity contribution in [3.8, 4) is 5.75 Å². The van der Waals surface area contributed by atoms with Crippen LogP contribution < -0.4 is 4.74 Å². The summed E-state index contributed by atoms with van der Waals surface area (Å²) in [5, 5.41) is 10.8. The molecule has 1 atom stereocenters. The van der Waals surface area contributed by atoms with E-state index in [2.05, 4.69) is 25.1 Å². The molecule has 1 heterocycles. The number of hydrogen-bond acceptors (Lipinski definition) is 3. The van der Waals surface area contributed by atoms with Gasteiger partial charge in [-0.25, -0.2) is 0 Å². The molecule has 0 aliphatic heterocycles. The predicted octanol–water partition coefficient (Wildman–Crippen LogP) is 5.10. The molecule has 2 aromatic rings. The molecular formula is C23H29NO2. The highest BCUT2D eigenvalue weighted by atomic mass is 16.5. The Kier molecular flexibility index (Phi) is 6.10. The predicted molar refractivity (Wildman–Crippen MR) is 105 cm³/mol. The van der Waals surface area contributed by atoms with Crippen LogP contribution in [0, 0.1) is 0 Å². The van der Waals surface area contributed by atoms with Gasteiger partial charge in [0.1, 0.15) is 12.4 Å². The number of hydrogen-bond donors (Lipinski definition) is 1. The van der Waals surface area contributed by atoms with Gasteiger partial charge in [-0.1, -0.05) is 56.5 Å². The van der Waals surface area contributed by atoms with Crippen LogP contribution in [0.5, 0.6) is 5.75 Å². The summed E-state index contributed by atoms with van der Waals surface area (Å²) in [6, 6.07) is 12.0. The molecule has 3 nitrogen and oxygen atoms in total. The zero-order valence-electron chi connectivity index (χ0n) is 15.9. The van der Waals surface area contributed by atoms with Crippen LogP contribution >= 0.6 is 0 Å². The van der Waals surface area contributed by atoms with Crippen LogP contribution in [0.4, 0.5) is 0 Å². The standard InChI is InChI=1S/C23H29NO2/c1-3-4-7-15-23(2,25)19-10-8-11-21(16-19)26-17-20-14-13-18-9-5-6-12-22(18)24-20/h5-6,8,10-11,13-14,16,25H,3-4,7,9,12,15,17H2,1-2H3. The number of nitrogens with zero attached hydrogens (tertiary/aromatic N) is 1. The van der Waals surface area contributed by atoms with E-state index in [0.29, 0.717) is 6.61 Å². The summed E-state index contributed by atoms with van der Waals surface area (Å²) < 4.78 is 5.95. The average Bonchev–Trinajstić information content (AvgIpc) is 2.66. The van der Waals surface area contributed by atoms with Crippen molar-refractivity contribution >= 4 is 0 Å². The molecule has 138 valence electrons. The number of rotatable bonds is 8. The molecule has 1 aromatic heterocycles. The Morgan fingerprint density at radius 2 is 1.96 bits per heavy atom. The summed E-state index contributed by atoms with van der Waals surface area (Å²) >= 11 is 0. The number of ether oxygens (including phenoxy) is 1. The normalized spacial score (nSPS) is 15.3. The highest BCUT2D eigenvalue weighted by molar-refractivity contribution is 5.33. The van der Waals surface area contributed by atoms with E-state index in [-0.39, 0.29) is 0 Å². The zero-order chi connectivity index (χ0) is 18.4. The van der Waals surface area contributed by atoms with E-state index in [1.165, 1.54) is 5.56 Å². The molecule has 0 fully saturated rings. The summed E-state index contributed by atoms with van der Waals surface area (Å²) in [5.41, 5.74) is 3.50. The van der Waals surface area contributed by atoms with E-state index < -0.39 is 5.60 Å². The van der Waals surface area contributed by atoms with Crippen LogP contribution in [-0.4, -0.2) is 10.1 Å². The lowest BCUT2D eigenvalue weighted by molar-refractivity contribution is 0.0447. The first-order valence-electron chi connectivity index (χ1n) is 9.67. The van der Waals surface area contributed by atoms with Crippen molar-refractivity contribution in [2.75, 3.05) is 0 Å². The molecule has 0 bridgehead atoms. The number of aromatic nitrogens is 1. The maximum Gasteiger partial charge on any atom is 0.130 e. The Bertz CT molecular complexity index is 765. The van der Waals surface area contributed by atoms with Crippen LogP contribution in [0.2, 0.25) is 0 Å². The average molecular weight is 351 g/mol. The third-order valence-corrected chi connectivity index (χ3v) is 5.05. The number of fused-ring (bicyclic) bond motifs is 1. The van der Waals surface area contributed by atoms with Crippen molar-refractivity contribution in [2.45, 2.75) is 64.6 Å². The zero-order valence-corrected chi connectivity index (χ0v) is 15.9. The van der Waals surface area contributed by atoms with Crippen molar-refractivity contribution in [1.82, 2.24) is 4.98 Å². The van der Waals surface area contributed by atoms with Gasteiger partial charge in [-0.05, 0) is 49.1 Å². The third-order valence-electron chi connectivity index (χ3n) is 5.05. The first kappa shape index (κ1) is 18.7. The minimum atomic E-state index is -0.815. The lowest BCUT2D eigenvalue weighted by Gasteiger charge is -2.24. The van der Waals surface area contributed by atoms with Gasteiger partial charge in [0.15, 0.2) is 0 Å². The monoisotopic (exact) mass is 351 g/mol. The molecule has 1 unspecified atom stereocenters. The van der Waals surface area contributed by atoms with Crippen LogP contribution in [0.1, 0.15) is 62.0 Å². The Hall–Kier alpha value is -2.13. The van der Waals surface area contributed by atoms with Crippen LogP contribution in [0.3, 0.4) is 0 Å². The van der Waals surface area contributed by atoms with Crippen molar-refractivity contribution in [3.63, 3.8) is 0 Å². The summed E-state index contributed by atoms with van der Waals surface area (Å²) in [5.74, 6) is 0.776. The Labute approximate surface area is 156 Å². The Morgan fingerprint density at radius 1 is 1.12 bits per heavy atom. The van der Waals surface area contributed by atoms with Crippen LogP contribution in [-0.2, 0) is 25.0 Å². The molecule has 3 heteroatoms. The molecule has 1 aliphatic carbocycles. The van der Waals surface area contributed by atoms with Gasteiger partial charge in [0.2, 0.25) is 0 Å². The van der Waals surface area contributed by atoms with Gasteiger partial charge in [-0.3, -0.25) is 4.98 Å². The number of pyridine rings is 1. The SMILES string of the molecule is CCCCCC(C)(O)c1cccc(OCc2ccc3c(n2)CC=CC3)c1. The van der Waals surface area contributed by atoms with Crippen LogP contribution in [0.15, 0.2) is 48.6 Å². The van der Waals surface area contributed by atoms with E-state index >= 15 is 0 Å². The van der Waals surface area contributed by atoms with Gasteiger partial charge in [0, 0.05) is 12.1 Å². The fourth-order valence-electron chi connectivity index (χ4n) is 3.37. The fraction of sp³-hybridized carbons (Fsp3) is 0.435. The van der Waals surface area contributed by atoms with Gasteiger partial charge < -0.3 is 9.84 Å². The fourth-order valence-corrected chi connectivity index (χ4v) is 3.37. The Morgan fingerprint density at radius 3 is 2.81 bits per heavy atom. The van der Waals surface area contributed by atoms with Crippen LogP contribution in [0.25, 0.3) is 0 Å². The maximum atomic E-state index is 10.8. The van der Waals surface area contributed by atoms with Crippen molar-refractivity contribution in [1.29, 1.82) is 0 Å². The molecule has 3 rings (SSSR count). The van der Waals surface area contributed by atoms with E-state index in [9.17, 15) is 5.11 Å². The van der Waals surface area contributed by atoms with Crippen molar-refractivity contribution < 1.29 is 9.84 Å². The quantitative estimate of drug-likeness (QED) is 0.531. The van der Waals surface area contributed by atoms with Crippen molar-refractivity contribution in [3.05, 3.63) is 71.1 Å². The smallest absolute Gasteiger partial charge is 0.130 e. The molecule has 1 N–H and O–H groups in total. The molecular weight excluding hydrogens is 322 g/mol. The molecule has 1 aromatic carbocycles. The molecule has 26 heavy (non-hydrogen) atoms. The van der Waals surface area contributed by atoms with Gasteiger partial charge >= 0.3 is 0 Å². The first-order valence-corrected chi connectivity index (χ1v) is 9.67. The summed E-state index contributed by atoms with van der Waals surface area (Å²) in [4.78, 5) is 4.72. The number of unbranched alkanes of at least 4 members (excludes halogenated alkanes) is 2. The summed E-state index contributed by atoms with van der Waals surface area (Å²) in [6.07, 6.45) is 10.3. The van der Waals surface area contributed by atoms with E-state index in [1.54, 1.807) is 0 Å². The lowest BCUT2D eigenvalue weighted by atomic mass is 9.90. The minimum absolute atomic E-state index is 0.443. The third kappa shape index (κ3) is 4.73. The molecule has 0 saturated carbocycles. The lowest BCUT2D eigenvalue weighted by Crippen LogP contribution is -2.21. The second-order valence-corrected chi connectivity index (χ2v) is 7.34. The van der Waals surface area contributed by atoms with E-state index in [1.807, 2.05) is 37.3 Å². The molecule has 1 aliphatic rings. The van der Waals surface area contributed by atoms with Gasteiger partial charge in [0.25, 0.3) is 0 Å². The van der Waals surface area contributed by atoms with E-state index in [4.69, 9.17) is 9.72 Å². The number of benzene rings is 1. The number of aliphatic hydroxyl groups is 1. The topological polar surface area (TPSA) is 42.4 Å². The molecule has 0 saturated heterocycles.